The van der Waals surface area contributed by atoms with Crippen LogP contribution in [0, 0.1) is 0 Å². The number of hydrogen-bond donors (Lipinski definition) is 0. The summed E-state index contributed by atoms with van der Waals surface area (Å²) in [5.41, 5.74) is 0.832. The van der Waals surface area contributed by atoms with Gasteiger partial charge in [-0.2, -0.15) is 5.10 Å². The second-order valence-electron chi connectivity index (χ2n) is 3.98. The highest BCUT2D eigenvalue weighted by atomic mass is 16.5. The van der Waals surface area contributed by atoms with Crippen molar-refractivity contribution in [2.45, 2.75) is 0 Å². The maximum atomic E-state index is 11.6. The average molecular weight is 269 g/mol. The molecule has 0 saturated carbocycles. The van der Waals surface area contributed by atoms with Crippen LogP contribution in [0.1, 0.15) is 10.5 Å². The predicted molar refractivity (Wildman–Crippen MR) is 70.4 cm³/mol. The second-order valence-corrected chi connectivity index (χ2v) is 3.98. The van der Waals surface area contributed by atoms with E-state index in [2.05, 4.69) is 10.1 Å². The number of ether oxygens (including phenoxy) is 1. The van der Waals surface area contributed by atoms with Crippen LogP contribution in [0.2, 0.25) is 0 Å². The van der Waals surface area contributed by atoms with Gasteiger partial charge < -0.3 is 9.15 Å². The predicted octanol–water partition coefficient (Wildman–Crippen LogP) is 2.31. The van der Waals surface area contributed by atoms with Crippen LogP contribution in [-0.2, 0) is 4.74 Å². The Morgan fingerprint density at radius 2 is 2.20 bits per heavy atom. The van der Waals surface area contributed by atoms with Crippen LogP contribution in [-0.4, -0.2) is 27.8 Å². The highest BCUT2D eigenvalue weighted by Gasteiger charge is 2.18. The summed E-state index contributed by atoms with van der Waals surface area (Å²) in [6.07, 6.45) is 3.21. The molecule has 0 aliphatic carbocycles. The highest BCUT2D eigenvalue weighted by Crippen LogP contribution is 2.23. The second kappa shape index (κ2) is 5.00. The van der Waals surface area contributed by atoms with Gasteiger partial charge >= 0.3 is 5.97 Å². The summed E-state index contributed by atoms with van der Waals surface area (Å²) in [5, 5.41) is 4.23. The highest BCUT2D eigenvalue weighted by molar-refractivity contribution is 5.88. The fraction of sp³-hybridized carbons (Fsp3) is 0.0714. The number of rotatable bonds is 3. The summed E-state index contributed by atoms with van der Waals surface area (Å²) >= 11 is 0. The number of aromatic nitrogens is 3. The third-order valence-electron chi connectivity index (χ3n) is 2.74. The van der Waals surface area contributed by atoms with Crippen molar-refractivity contribution >= 4 is 5.97 Å². The number of esters is 1. The first-order valence-electron chi connectivity index (χ1n) is 5.93. The van der Waals surface area contributed by atoms with E-state index >= 15 is 0 Å². The first kappa shape index (κ1) is 12.2. The molecule has 0 amide bonds. The minimum Gasteiger partial charge on any atom is -0.464 e. The summed E-state index contributed by atoms with van der Waals surface area (Å²) in [6.45, 7) is 0. The van der Waals surface area contributed by atoms with Gasteiger partial charge in [-0.25, -0.2) is 14.5 Å². The monoisotopic (exact) mass is 269 g/mol. The van der Waals surface area contributed by atoms with Crippen molar-refractivity contribution in [2.24, 2.45) is 0 Å². The largest absolute Gasteiger partial charge is 0.464 e. The van der Waals surface area contributed by atoms with Gasteiger partial charge in [-0.3, -0.25) is 0 Å². The summed E-state index contributed by atoms with van der Waals surface area (Å²) in [7, 11) is 1.31. The van der Waals surface area contributed by atoms with Crippen LogP contribution in [0.3, 0.4) is 0 Å². The Morgan fingerprint density at radius 3 is 2.85 bits per heavy atom. The molecule has 0 N–H and O–H groups in total. The van der Waals surface area contributed by atoms with E-state index in [0.29, 0.717) is 17.3 Å². The van der Waals surface area contributed by atoms with Crippen LogP contribution in [0.5, 0.6) is 0 Å². The number of hydrogen-bond acceptors (Lipinski definition) is 5. The SMILES string of the molecule is COC(=O)c1cc(-c2ccco2)n(-c2ccccn2)n1. The number of carbonyl (C=O) groups is 1. The van der Waals surface area contributed by atoms with E-state index in [-0.39, 0.29) is 5.69 Å². The zero-order valence-corrected chi connectivity index (χ0v) is 10.7. The van der Waals surface area contributed by atoms with Crippen molar-refractivity contribution in [1.29, 1.82) is 0 Å². The van der Waals surface area contributed by atoms with Gasteiger partial charge in [-0.05, 0) is 24.3 Å². The molecule has 0 aliphatic heterocycles. The molecule has 3 rings (SSSR count). The van der Waals surface area contributed by atoms with Gasteiger partial charge in [0.05, 0.1) is 13.4 Å². The number of furan rings is 1. The van der Waals surface area contributed by atoms with E-state index < -0.39 is 5.97 Å². The van der Waals surface area contributed by atoms with Crippen LogP contribution in [0.25, 0.3) is 17.3 Å². The van der Waals surface area contributed by atoms with Crippen molar-refractivity contribution in [3.05, 3.63) is 54.6 Å². The van der Waals surface area contributed by atoms with Gasteiger partial charge in [0.2, 0.25) is 0 Å². The molecule has 0 radical (unpaired) electrons. The standard InChI is InChI=1S/C14H11N3O3/c1-19-14(18)10-9-11(12-5-4-8-20-12)17(16-10)13-6-2-3-7-15-13/h2-9H,1H3. The molecule has 0 bridgehead atoms. The fourth-order valence-electron chi connectivity index (χ4n) is 1.84. The molecule has 0 aliphatic rings. The Labute approximate surface area is 114 Å². The molecule has 3 heterocycles. The summed E-state index contributed by atoms with van der Waals surface area (Å²) in [5.74, 6) is 0.680. The van der Waals surface area contributed by atoms with E-state index in [1.54, 1.807) is 47.5 Å². The quantitative estimate of drug-likeness (QED) is 0.682. The number of carbonyl (C=O) groups excluding carboxylic acids is 1. The third-order valence-corrected chi connectivity index (χ3v) is 2.74. The molecule has 3 aromatic heterocycles. The minimum absolute atomic E-state index is 0.199. The molecule has 20 heavy (non-hydrogen) atoms. The molecule has 6 heteroatoms. The lowest BCUT2D eigenvalue weighted by Gasteiger charge is -2.03. The Hall–Kier alpha value is -2.89. The number of pyridine rings is 1. The van der Waals surface area contributed by atoms with Crippen LogP contribution in [0.4, 0.5) is 0 Å². The fourth-order valence-corrected chi connectivity index (χ4v) is 1.84. The lowest BCUT2D eigenvalue weighted by atomic mass is 10.3. The molecular formula is C14H11N3O3. The zero-order chi connectivity index (χ0) is 13.9. The van der Waals surface area contributed by atoms with Gasteiger partial charge in [-0.15, -0.1) is 0 Å². The van der Waals surface area contributed by atoms with Gasteiger partial charge in [-0.1, -0.05) is 6.07 Å². The van der Waals surface area contributed by atoms with Crippen LogP contribution in [0.15, 0.2) is 53.3 Å². The first-order valence-corrected chi connectivity index (χ1v) is 5.93. The molecule has 0 aromatic carbocycles. The Kier molecular flexibility index (Phi) is 3.04. The van der Waals surface area contributed by atoms with Gasteiger partial charge in [0.1, 0.15) is 5.69 Å². The van der Waals surface area contributed by atoms with E-state index in [0.717, 1.165) is 0 Å². The van der Waals surface area contributed by atoms with Crippen molar-refractivity contribution < 1.29 is 13.9 Å². The Bertz CT molecular complexity index is 717. The smallest absolute Gasteiger partial charge is 0.358 e. The molecule has 0 atom stereocenters. The first-order chi connectivity index (χ1) is 9.79. The lowest BCUT2D eigenvalue weighted by molar-refractivity contribution is 0.0593. The molecule has 6 nitrogen and oxygen atoms in total. The normalized spacial score (nSPS) is 10.4. The molecule has 3 aromatic rings. The van der Waals surface area contributed by atoms with E-state index in [1.807, 2.05) is 6.07 Å². The molecule has 0 unspecified atom stereocenters. The Morgan fingerprint density at radius 1 is 1.30 bits per heavy atom. The van der Waals surface area contributed by atoms with Crippen molar-refractivity contribution in [3.63, 3.8) is 0 Å². The zero-order valence-electron chi connectivity index (χ0n) is 10.7. The van der Waals surface area contributed by atoms with E-state index in [1.165, 1.54) is 7.11 Å². The van der Waals surface area contributed by atoms with Crippen molar-refractivity contribution in [1.82, 2.24) is 14.8 Å². The summed E-state index contributed by atoms with van der Waals surface area (Å²) in [4.78, 5) is 15.9. The molecule has 100 valence electrons. The average Bonchev–Trinajstić information content (AvgIpc) is 3.16. The van der Waals surface area contributed by atoms with Gasteiger partial charge in [0, 0.05) is 12.3 Å². The van der Waals surface area contributed by atoms with E-state index in [9.17, 15) is 4.79 Å². The Balaban J connectivity index is 2.17. The van der Waals surface area contributed by atoms with Gasteiger partial charge in [0.15, 0.2) is 17.3 Å². The molecule has 0 saturated heterocycles. The maximum Gasteiger partial charge on any atom is 0.358 e. The minimum atomic E-state index is -0.507. The number of nitrogens with zero attached hydrogens (tertiary/aromatic N) is 3. The molecule has 0 spiro atoms. The summed E-state index contributed by atoms with van der Waals surface area (Å²) < 4.78 is 11.6. The number of methoxy groups -OCH3 is 1. The van der Waals surface area contributed by atoms with Crippen molar-refractivity contribution in [3.8, 4) is 17.3 Å². The molecule has 0 fully saturated rings. The van der Waals surface area contributed by atoms with Crippen molar-refractivity contribution in [2.75, 3.05) is 7.11 Å². The summed E-state index contributed by atoms with van der Waals surface area (Å²) in [6, 6.07) is 10.6. The van der Waals surface area contributed by atoms with Gasteiger partial charge in [0.25, 0.3) is 0 Å². The molecular weight excluding hydrogens is 258 g/mol. The van der Waals surface area contributed by atoms with E-state index in [4.69, 9.17) is 9.15 Å². The third kappa shape index (κ3) is 2.07. The maximum absolute atomic E-state index is 11.6. The topological polar surface area (TPSA) is 70.2 Å². The van der Waals surface area contributed by atoms with Crippen LogP contribution >= 0.6 is 0 Å². The van der Waals surface area contributed by atoms with Crippen LogP contribution < -0.4 is 0 Å². The lowest BCUT2D eigenvalue weighted by Crippen LogP contribution is -2.05.